The molecule has 0 spiro atoms. The third kappa shape index (κ3) is 5.48. The molecule has 0 bridgehead atoms. The van der Waals surface area contributed by atoms with Gasteiger partial charge in [0, 0.05) is 38.9 Å². The number of ether oxygens (including phenoxy) is 1. The molecule has 0 aromatic heterocycles. The fraction of sp³-hybridized carbons (Fsp3) is 0.458. The number of halogens is 2. The first kappa shape index (κ1) is 21.5. The second kappa shape index (κ2) is 10.5. The molecule has 0 saturated carbocycles. The number of benzene rings is 2. The Balaban J connectivity index is 1.11. The van der Waals surface area contributed by atoms with E-state index in [1.54, 1.807) is 0 Å². The van der Waals surface area contributed by atoms with Gasteiger partial charge in [-0.25, -0.2) is 0 Å². The number of aliphatic imine (C=N–C) groups is 1. The van der Waals surface area contributed by atoms with Crippen LogP contribution in [0.5, 0.6) is 5.75 Å². The Kier molecular flexibility index (Phi) is 7.53. The van der Waals surface area contributed by atoms with Crippen LogP contribution >= 0.6 is 23.2 Å². The monoisotopic (exact) mass is 445 g/mol. The van der Waals surface area contributed by atoms with E-state index in [0.29, 0.717) is 10.0 Å². The molecule has 0 atom stereocenters. The van der Waals surface area contributed by atoms with Gasteiger partial charge in [0.25, 0.3) is 0 Å². The number of anilines is 1. The molecule has 2 aliphatic rings. The number of rotatable bonds is 8. The van der Waals surface area contributed by atoms with Crippen LogP contribution in [0.25, 0.3) is 0 Å². The van der Waals surface area contributed by atoms with Gasteiger partial charge in [0.05, 0.1) is 22.3 Å². The molecule has 30 heavy (non-hydrogen) atoms. The summed E-state index contributed by atoms with van der Waals surface area (Å²) in [5.41, 5.74) is 3.63. The van der Waals surface area contributed by atoms with Crippen molar-refractivity contribution in [2.75, 3.05) is 50.8 Å². The standard InChI is InChI=1S/C24H29Cl2N3O/c25-22-5-4-6-23(24(22)26)29-14-12-28(13-15-29)11-2-1-3-16-30-21-8-7-19-9-10-27-18-20(19)17-21/h4-8,17-18H,1-3,9-16H2. The zero-order valence-corrected chi connectivity index (χ0v) is 18.8. The average molecular weight is 446 g/mol. The predicted octanol–water partition coefficient (Wildman–Crippen LogP) is 5.34. The van der Waals surface area contributed by atoms with Gasteiger partial charge in [0.15, 0.2) is 0 Å². The summed E-state index contributed by atoms with van der Waals surface area (Å²) in [7, 11) is 0. The molecule has 0 aliphatic carbocycles. The molecule has 0 unspecified atom stereocenters. The van der Waals surface area contributed by atoms with Gasteiger partial charge in [0.2, 0.25) is 0 Å². The molecular weight excluding hydrogens is 417 g/mol. The number of hydrogen-bond acceptors (Lipinski definition) is 4. The van der Waals surface area contributed by atoms with Gasteiger partial charge in [-0.2, -0.15) is 0 Å². The number of hydrogen-bond donors (Lipinski definition) is 0. The number of unbranched alkanes of at least 4 members (excludes halogenated alkanes) is 2. The van der Waals surface area contributed by atoms with Crippen LogP contribution in [0.1, 0.15) is 30.4 Å². The molecule has 1 saturated heterocycles. The Bertz CT molecular complexity index is 879. The van der Waals surface area contributed by atoms with Crippen molar-refractivity contribution in [3.8, 4) is 5.75 Å². The van der Waals surface area contributed by atoms with Crippen LogP contribution in [0.15, 0.2) is 41.4 Å². The van der Waals surface area contributed by atoms with Gasteiger partial charge in [-0.1, -0.05) is 35.3 Å². The lowest BCUT2D eigenvalue weighted by molar-refractivity contribution is 0.246. The van der Waals surface area contributed by atoms with E-state index in [-0.39, 0.29) is 0 Å². The van der Waals surface area contributed by atoms with Crippen LogP contribution in [0.3, 0.4) is 0 Å². The number of fused-ring (bicyclic) bond motifs is 1. The Morgan fingerprint density at radius 2 is 1.83 bits per heavy atom. The summed E-state index contributed by atoms with van der Waals surface area (Å²) in [5, 5.41) is 1.29. The summed E-state index contributed by atoms with van der Waals surface area (Å²) in [5.74, 6) is 0.956. The van der Waals surface area contributed by atoms with E-state index >= 15 is 0 Å². The maximum atomic E-state index is 6.37. The second-order valence-corrected chi connectivity index (χ2v) is 8.74. The predicted molar refractivity (Wildman–Crippen MR) is 127 cm³/mol. The van der Waals surface area contributed by atoms with Crippen LogP contribution in [-0.4, -0.2) is 57.0 Å². The Hall–Kier alpha value is -1.75. The first-order valence-electron chi connectivity index (χ1n) is 10.9. The Morgan fingerprint density at radius 3 is 2.70 bits per heavy atom. The maximum absolute atomic E-state index is 6.37. The van der Waals surface area contributed by atoms with E-state index in [9.17, 15) is 0 Å². The molecule has 0 radical (unpaired) electrons. The van der Waals surface area contributed by atoms with Crippen LogP contribution in [0, 0.1) is 0 Å². The minimum atomic E-state index is 0.627. The summed E-state index contributed by atoms with van der Waals surface area (Å²) in [4.78, 5) is 9.23. The van der Waals surface area contributed by atoms with Crippen LogP contribution < -0.4 is 9.64 Å². The Labute approximate surface area is 189 Å². The molecular formula is C24H29Cl2N3O. The van der Waals surface area contributed by atoms with Gasteiger partial charge in [0.1, 0.15) is 5.75 Å². The quantitative estimate of drug-likeness (QED) is 0.513. The normalized spacial score (nSPS) is 16.5. The molecule has 2 aromatic rings. The van der Waals surface area contributed by atoms with Crippen molar-refractivity contribution in [1.29, 1.82) is 0 Å². The highest BCUT2D eigenvalue weighted by Gasteiger charge is 2.19. The lowest BCUT2D eigenvalue weighted by Crippen LogP contribution is -2.46. The van der Waals surface area contributed by atoms with Crippen molar-refractivity contribution < 1.29 is 4.74 Å². The molecule has 0 amide bonds. The molecule has 2 aromatic carbocycles. The van der Waals surface area contributed by atoms with Gasteiger partial charge in [-0.15, -0.1) is 0 Å². The highest BCUT2D eigenvalue weighted by Crippen LogP contribution is 2.32. The third-order valence-electron chi connectivity index (χ3n) is 5.89. The SMILES string of the molecule is Clc1cccc(N2CCN(CCCCCOc3ccc4c(c3)C=NCC4)CC2)c1Cl. The van der Waals surface area contributed by atoms with Crippen molar-refractivity contribution in [1.82, 2.24) is 4.90 Å². The second-order valence-electron chi connectivity index (χ2n) is 7.96. The van der Waals surface area contributed by atoms with Crippen molar-refractivity contribution in [2.24, 2.45) is 4.99 Å². The van der Waals surface area contributed by atoms with Crippen molar-refractivity contribution in [2.45, 2.75) is 25.7 Å². The molecule has 6 heteroatoms. The molecule has 160 valence electrons. The van der Waals surface area contributed by atoms with Crippen molar-refractivity contribution >= 4 is 35.1 Å². The van der Waals surface area contributed by atoms with E-state index in [4.69, 9.17) is 27.9 Å². The maximum Gasteiger partial charge on any atom is 0.119 e. The van der Waals surface area contributed by atoms with Gasteiger partial charge >= 0.3 is 0 Å². The largest absolute Gasteiger partial charge is 0.494 e. The molecule has 4 rings (SSSR count). The minimum Gasteiger partial charge on any atom is -0.494 e. The summed E-state index contributed by atoms with van der Waals surface area (Å²) < 4.78 is 5.94. The molecule has 4 nitrogen and oxygen atoms in total. The van der Waals surface area contributed by atoms with E-state index in [1.165, 1.54) is 24.0 Å². The average Bonchev–Trinajstić information content (AvgIpc) is 2.78. The van der Waals surface area contributed by atoms with Crippen molar-refractivity contribution in [3.63, 3.8) is 0 Å². The van der Waals surface area contributed by atoms with Crippen LogP contribution in [0.4, 0.5) is 5.69 Å². The summed E-state index contributed by atoms with van der Waals surface area (Å²) >= 11 is 12.5. The van der Waals surface area contributed by atoms with Gasteiger partial charge < -0.3 is 9.64 Å². The molecule has 1 fully saturated rings. The zero-order chi connectivity index (χ0) is 20.8. The summed E-state index contributed by atoms with van der Waals surface area (Å²) in [6.45, 7) is 6.93. The van der Waals surface area contributed by atoms with E-state index in [2.05, 4.69) is 39.1 Å². The minimum absolute atomic E-state index is 0.627. The summed E-state index contributed by atoms with van der Waals surface area (Å²) in [6, 6.07) is 12.2. The first-order valence-corrected chi connectivity index (χ1v) is 11.6. The van der Waals surface area contributed by atoms with Crippen LogP contribution in [-0.2, 0) is 6.42 Å². The zero-order valence-electron chi connectivity index (χ0n) is 17.3. The van der Waals surface area contributed by atoms with Gasteiger partial charge in [-0.05, 0) is 67.6 Å². The molecule has 0 N–H and O–H groups in total. The van der Waals surface area contributed by atoms with E-state index in [1.807, 2.05) is 18.3 Å². The number of piperazine rings is 1. The lowest BCUT2D eigenvalue weighted by Gasteiger charge is -2.36. The number of nitrogens with zero attached hydrogens (tertiary/aromatic N) is 3. The first-order chi connectivity index (χ1) is 14.7. The van der Waals surface area contributed by atoms with Crippen LogP contribution in [0.2, 0.25) is 10.0 Å². The van der Waals surface area contributed by atoms with Crippen molar-refractivity contribution in [3.05, 3.63) is 57.6 Å². The topological polar surface area (TPSA) is 28.1 Å². The lowest BCUT2D eigenvalue weighted by atomic mass is 10.0. The highest BCUT2D eigenvalue weighted by molar-refractivity contribution is 6.43. The van der Waals surface area contributed by atoms with E-state index in [0.717, 1.165) is 70.2 Å². The fourth-order valence-electron chi connectivity index (χ4n) is 4.11. The molecule has 2 heterocycles. The van der Waals surface area contributed by atoms with Gasteiger partial charge in [-0.3, -0.25) is 9.89 Å². The third-order valence-corrected chi connectivity index (χ3v) is 6.70. The molecule has 2 aliphatic heterocycles. The summed E-state index contributed by atoms with van der Waals surface area (Å²) in [6.07, 6.45) is 6.48. The fourth-order valence-corrected chi connectivity index (χ4v) is 4.53. The highest BCUT2D eigenvalue weighted by atomic mass is 35.5. The van der Waals surface area contributed by atoms with E-state index < -0.39 is 0 Å². The Morgan fingerprint density at radius 1 is 0.967 bits per heavy atom. The smallest absolute Gasteiger partial charge is 0.119 e.